The van der Waals surface area contributed by atoms with Gasteiger partial charge in [-0.05, 0) is 19.4 Å². The highest BCUT2D eigenvalue weighted by molar-refractivity contribution is 5.83. The fraction of sp³-hybridized carbons (Fsp3) is 0.600. The topological polar surface area (TPSA) is 34.9 Å². The minimum absolute atomic E-state index is 0.0312. The Bertz CT molecular complexity index is 312. The van der Waals surface area contributed by atoms with E-state index in [2.05, 4.69) is 5.10 Å². The van der Waals surface area contributed by atoms with Gasteiger partial charge >= 0.3 is 0 Å². The van der Waals surface area contributed by atoms with Crippen molar-refractivity contribution in [2.75, 3.05) is 0 Å². The van der Waals surface area contributed by atoms with Gasteiger partial charge in [-0.25, -0.2) is 4.68 Å². The first-order chi connectivity index (χ1) is 5.82. The molecule has 1 heterocycles. The summed E-state index contributed by atoms with van der Waals surface area (Å²) < 4.78 is 1.44. The summed E-state index contributed by atoms with van der Waals surface area (Å²) in [5.74, 6) is 0.0312. The van der Waals surface area contributed by atoms with E-state index < -0.39 is 0 Å². The van der Waals surface area contributed by atoms with E-state index in [9.17, 15) is 4.79 Å². The molecule has 0 aliphatic carbocycles. The van der Waals surface area contributed by atoms with Crippen LogP contribution in [0.2, 0.25) is 0 Å². The van der Waals surface area contributed by atoms with E-state index in [1.165, 1.54) is 4.68 Å². The molecule has 0 unspecified atom stereocenters. The Labute approximate surface area is 78.8 Å². The van der Waals surface area contributed by atoms with Crippen molar-refractivity contribution in [3.8, 4) is 0 Å². The van der Waals surface area contributed by atoms with E-state index >= 15 is 0 Å². The number of hydrogen-bond donors (Lipinski definition) is 0. The third kappa shape index (κ3) is 1.97. The molecule has 0 amide bonds. The predicted molar refractivity (Wildman–Crippen MR) is 51.8 cm³/mol. The van der Waals surface area contributed by atoms with Crippen LogP contribution >= 0.6 is 0 Å². The smallest absolute Gasteiger partial charge is 0.252 e. The van der Waals surface area contributed by atoms with Gasteiger partial charge in [-0.1, -0.05) is 20.8 Å². The van der Waals surface area contributed by atoms with E-state index in [4.69, 9.17) is 0 Å². The van der Waals surface area contributed by atoms with Crippen molar-refractivity contribution in [1.82, 2.24) is 9.78 Å². The summed E-state index contributed by atoms with van der Waals surface area (Å²) in [6.45, 7) is 9.53. The average Bonchev–Trinajstić information content (AvgIpc) is 2.29. The van der Waals surface area contributed by atoms with Gasteiger partial charge in [0.25, 0.3) is 5.91 Å². The van der Waals surface area contributed by atoms with Crippen LogP contribution in [0.25, 0.3) is 0 Å². The lowest BCUT2D eigenvalue weighted by Gasteiger charge is -2.15. The van der Waals surface area contributed by atoms with Crippen LogP contribution in [0.5, 0.6) is 0 Å². The third-order valence-electron chi connectivity index (χ3n) is 1.99. The van der Waals surface area contributed by atoms with Crippen molar-refractivity contribution in [1.29, 1.82) is 0 Å². The molecular formula is C10H16N2O. The van der Waals surface area contributed by atoms with Crippen LogP contribution < -0.4 is 0 Å². The number of nitrogens with zero attached hydrogens (tertiary/aromatic N) is 2. The molecule has 0 spiro atoms. The van der Waals surface area contributed by atoms with Crippen molar-refractivity contribution in [2.24, 2.45) is 5.41 Å². The molecule has 72 valence electrons. The molecule has 0 radical (unpaired) electrons. The quantitative estimate of drug-likeness (QED) is 0.613. The maximum absolute atomic E-state index is 11.7. The van der Waals surface area contributed by atoms with Crippen LogP contribution in [0.4, 0.5) is 0 Å². The first-order valence-electron chi connectivity index (χ1n) is 4.40. The molecule has 0 aliphatic heterocycles. The van der Waals surface area contributed by atoms with Crippen LogP contribution in [-0.4, -0.2) is 15.7 Å². The monoisotopic (exact) mass is 180 g/mol. The van der Waals surface area contributed by atoms with Crippen molar-refractivity contribution in [2.45, 2.75) is 34.6 Å². The normalized spacial score (nSPS) is 11.8. The molecule has 1 aromatic heterocycles. The first-order valence-corrected chi connectivity index (χ1v) is 4.40. The Morgan fingerprint density at radius 1 is 1.38 bits per heavy atom. The highest BCUT2D eigenvalue weighted by Gasteiger charge is 2.23. The summed E-state index contributed by atoms with van der Waals surface area (Å²) in [4.78, 5) is 11.7. The van der Waals surface area contributed by atoms with Gasteiger partial charge in [-0.2, -0.15) is 5.10 Å². The molecule has 1 rings (SSSR count). The zero-order valence-electron chi connectivity index (χ0n) is 8.88. The van der Waals surface area contributed by atoms with E-state index in [1.807, 2.05) is 34.6 Å². The number of rotatable bonds is 0. The third-order valence-corrected chi connectivity index (χ3v) is 1.99. The molecule has 3 nitrogen and oxygen atoms in total. The number of aryl methyl sites for hydroxylation is 2. The highest BCUT2D eigenvalue weighted by atomic mass is 16.2. The van der Waals surface area contributed by atoms with Gasteiger partial charge in [0.15, 0.2) is 0 Å². The van der Waals surface area contributed by atoms with Gasteiger partial charge < -0.3 is 0 Å². The zero-order valence-corrected chi connectivity index (χ0v) is 8.88. The second-order valence-corrected chi connectivity index (χ2v) is 4.40. The van der Waals surface area contributed by atoms with Gasteiger partial charge in [0.2, 0.25) is 0 Å². The molecule has 13 heavy (non-hydrogen) atoms. The average molecular weight is 180 g/mol. The summed E-state index contributed by atoms with van der Waals surface area (Å²) >= 11 is 0. The van der Waals surface area contributed by atoms with Crippen LogP contribution in [0.15, 0.2) is 6.20 Å². The lowest BCUT2D eigenvalue weighted by molar-refractivity contribution is 0.0748. The lowest BCUT2D eigenvalue weighted by atomic mass is 9.96. The SMILES string of the molecule is Cc1cn(C(=O)C(C)(C)C)nc1C. The molecule has 0 saturated heterocycles. The molecule has 0 aromatic carbocycles. The van der Waals surface area contributed by atoms with Gasteiger partial charge in [0.1, 0.15) is 0 Å². The fourth-order valence-electron chi connectivity index (χ4n) is 0.994. The van der Waals surface area contributed by atoms with Crippen LogP contribution in [0.1, 0.15) is 36.8 Å². The maximum atomic E-state index is 11.7. The fourth-order valence-corrected chi connectivity index (χ4v) is 0.994. The Morgan fingerprint density at radius 2 is 1.92 bits per heavy atom. The van der Waals surface area contributed by atoms with E-state index in [1.54, 1.807) is 6.20 Å². The molecule has 1 aromatic rings. The lowest BCUT2D eigenvalue weighted by Crippen LogP contribution is -2.27. The summed E-state index contributed by atoms with van der Waals surface area (Å²) in [6.07, 6.45) is 1.78. The van der Waals surface area contributed by atoms with Crippen molar-refractivity contribution in [3.05, 3.63) is 17.5 Å². The number of carbonyl (C=O) groups is 1. The summed E-state index contributed by atoms with van der Waals surface area (Å²) in [6, 6.07) is 0. The standard InChI is InChI=1S/C10H16N2O/c1-7-6-12(11-8(7)2)9(13)10(3,4)5/h6H,1-5H3. The summed E-state index contributed by atoms with van der Waals surface area (Å²) in [7, 11) is 0. The van der Waals surface area contributed by atoms with E-state index in [-0.39, 0.29) is 11.3 Å². The maximum Gasteiger partial charge on any atom is 0.252 e. The molecule has 0 saturated carbocycles. The summed E-state index contributed by atoms with van der Waals surface area (Å²) in [5.41, 5.74) is 1.60. The van der Waals surface area contributed by atoms with E-state index in [0.717, 1.165) is 11.3 Å². The number of carbonyl (C=O) groups excluding carboxylic acids is 1. The summed E-state index contributed by atoms with van der Waals surface area (Å²) in [5, 5.41) is 4.14. The van der Waals surface area contributed by atoms with Gasteiger partial charge in [0.05, 0.1) is 5.69 Å². The van der Waals surface area contributed by atoms with Crippen molar-refractivity contribution < 1.29 is 4.79 Å². The second-order valence-electron chi connectivity index (χ2n) is 4.40. The minimum Gasteiger partial charge on any atom is -0.272 e. The van der Waals surface area contributed by atoms with Crippen molar-refractivity contribution in [3.63, 3.8) is 0 Å². The second kappa shape index (κ2) is 2.98. The Balaban J connectivity index is 3.03. The molecular weight excluding hydrogens is 164 g/mol. The van der Waals surface area contributed by atoms with Crippen LogP contribution in [0.3, 0.4) is 0 Å². The van der Waals surface area contributed by atoms with Gasteiger partial charge in [-0.15, -0.1) is 0 Å². The zero-order chi connectivity index (χ0) is 10.2. The van der Waals surface area contributed by atoms with E-state index in [0.29, 0.717) is 0 Å². The molecule has 0 bridgehead atoms. The van der Waals surface area contributed by atoms with Crippen LogP contribution in [0, 0.1) is 19.3 Å². The number of aromatic nitrogens is 2. The molecule has 0 N–H and O–H groups in total. The molecule has 0 aliphatic rings. The van der Waals surface area contributed by atoms with Gasteiger partial charge in [-0.3, -0.25) is 4.79 Å². The number of hydrogen-bond acceptors (Lipinski definition) is 2. The first kappa shape index (κ1) is 9.96. The highest BCUT2D eigenvalue weighted by Crippen LogP contribution is 2.16. The molecule has 3 heteroatoms. The van der Waals surface area contributed by atoms with Gasteiger partial charge in [0, 0.05) is 11.6 Å². The molecule has 0 atom stereocenters. The Hall–Kier alpha value is -1.12. The predicted octanol–water partition coefficient (Wildman–Crippen LogP) is 2.19. The molecule has 0 fully saturated rings. The largest absolute Gasteiger partial charge is 0.272 e. The Kier molecular flexibility index (Phi) is 2.28. The minimum atomic E-state index is -0.370. The van der Waals surface area contributed by atoms with Crippen molar-refractivity contribution >= 4 is 5.91 Å². The Morgan fingerprint density at radius 3 is 2.23 bits per heavy atom. The van der Waals surface area contributed by atoms with Crippen LogP contribution in [-0.2, 0) is 0 Å².